The molecule has 0 aromatic heterocycles. The molecule has 0 saturated carbocycles. The van der Waals surface area contributed by atoms with Gasteiger partial charge in [0, 0.05) is 6.54 Å². The van der Waals surface area contributed by atoms with Crippen LogP contribution in [0.15, 0.2) is 18.2 Å². The van der Waals surface area contributed by atoms with E-state index in [1.165, 1.54) is 5.56 Å². The van der Waals surface area contributed by atoms with Crippen molar-refractivity contribution in [3.63, 3.8) is 0 Å². The second kappa shape index (κ2) is 7.37. The quantitative estimate of drug-likeness (QED) is 0.843. The van der Waals surface area contributed by atoms with Crippen molar-refractivity contribution in [2.45, 2.75) is 13.5 Å². The fourth-order valence-electron chi connectivity index (χ4n) is 1.30. The molecule has 0 fully saturated rings. The number of ether oxygens (including phenoxy) is 2. The van der Waals surface area contributed by atoms with Crippen molar-refractivity contribution in [1.82, 2.24) is 5.32 Å². The van der Waals surface area contributed by atoms with Crippen LogP contribution in [0.3, 0.4) is 0 Å². The number of hydrogen-bond donors (Lipinski definition) is 1. The van der Waals surface area contributed by atoms with Gasteiger partial charge >= 0.3 is 0 Å². The van der Waals surface area contributed by atoms with Crippen molar-refractivity contribution in [1.29, 1.82) is 0 Å². The average Bonchev–Trinajstić information content (AvgIpc) is 2.19. The highest BCUT2D eigenvalue weighted by Gasteiger charge is 2.04. The summed E-state index contributed by atoms with van der Waals surface area (Å²) in [7, 11) is 3.57. The Kier molecular flexibility index (Phi) is 6.92. The summed E-state index contributed by atoms with van der Waals surface area (Å²) >= 11 is 0. The minimum absolute atomic E-state index is 0. The third-order valence-electron chi connectivity index (χ3n) is 1.91. The highest BCUT2D eigenvalue weighted by Crippen LogP contribution is 2.27. The normalized spacial score (nSPS) is 9.27. The fraction of sp³-hybridized carbons (Fsp3) is 0.455. The van der Waals surface area contributed by atoms with Gasteiger partial charge in [0.15, 0.2) is 11.5 Å². The standard InChI is InChI=1S/C11H17NO2.ClH/c1-4-14-11-7-9(8-12-2)5-6-10(11)13-3;/h5-7,12H,4,8H2,1-3H3;1H. The number of nitrogens with one attached hydrogen (secondary N) is 1. The maximum atomic E-state index is 5.46. The van der Waals surface area contributed by atoms with Crippen molar-refractivity contribution >= 4 is 12.4 Å². The van der Waals surface area contributed by atoms with E-state index < -0.39 is 0 Å². The highest BCUT2D eigenvalue weighted by molar-refractivity contribution is 5.85. The molecule has 0 spiro atoms. The number of halogens is 1. The molecule has 3 nitrogen and oxygen atoms in total. The van der Waals surface area contributed by atoms with E-state index in [4.69, 9.17) is 9.47 Å². The lowest BCUT2D eigenvalue weighted by atomic mass is 10.2. The van der Waals surface area contributed by atoms with E-state index in [1.807, 2.05) is 32.2 Å². The van der Waals surface area contributed by atoms with E-state index in [1.54, 1.807) is 7.11 Å². The molecular formula is C11H18ClNO2. The molecule has 86 valence electrons. The van der Waals surface area contributed by atoms with Crippen LogP contribution in [-0.4, -0.2) is 20.8 Å². The van der Waals surface area contributed by atoms with Crippen molar-refractivity contribution in [2.24, 2.45) is 0 Å². The van der Waals surface area contributed by atoms with Gasteiger partial charge in [-0.1, -0.05) is 6.07 Å². The molecule has 0 atom stereocenters. The van der Waals surface area contributed by atoms with Crippen LogP contribution in [0.25, 0.3) is 0 Å². The predicted octanol–water partition coefficient (Wildman–Crippen LogP) is 2.24. The first kappa shape index (κ1) is 14.1. The molecule has 0 unspecified atom stereocenters. The van der Waals surface area contributed by atoms with E-state index >= 15 is 0 Å². The maximum absolute atomic E-state index is 5.46. The lowest BCUT2D eigenvalue weighted by molar-refractivity contribution is 0.310. The predicted molar refractivity (Wildman–Crippen MR) is 64.2 cm³/mol. The second-order valence-corrected chi connectivity index (χ2v) is 2.95. The Morgan fingerprint density at radius 3 is 2.53 bits per heavy atom. The van der Waals surface area contributed by atoms with Gasteiger partial charge in [0.05, 0.1) is 13.7 Å². The molecule has 1 aromatic carbocycles. The van der Waals surface area contributed by atoms with Crippen LogP contribution in [0, 0.1) is 0 Å². The van der Waals surface area contributed by atoms with Crippen LogP contribution in [0.2, 0.25) is 0 Å². The Morgan fingerprint density at radius 2 is 2.00 bits per heavy atom. The first-order valence-corrected chi connectivity index (χ1v) is 4.76. The van der Waals surface area contributed by atoms with Crippen LogP contribution in [0.4, 0.5) is 0 Å². The summed E-state index contributed by atoms with van der Waals surface area (Å²) in [6, 6.07) is 5.95. The largest absolute Gasteiger partial charge is 0.493 e. The lowest BCUT2D eigenvalue weighted by Crippen LogP contribution is -2.05. The topological polar surface area (TPSA) is 30.5 Å². The van der Waals surface area contributed by atoms with Gasteiger partial charge in [0.25, 0.3) is 0 Å². The number of benzene rings is 1. The molecule has 1 aromatic rings. The van der Waals surface area contributed by atoms with Gasteiger partial charge in [0.2, 0.25) is 0 Å². The molecule has 0 aliphatic carbocycles. The van der Waals surface area contributed by atoms with Gasteiger partial charge < -0.3 is 14.8 Å². The van der Waals surface area contributed by atoms with E-state index in [2.05, 4.69) is 5.32 Å². The zero-order valence-electron chi connectivity index (χ0n) is 9.37. The summed E-state index contributed by atoms with van der Waals surface area (Å²) in [5, 5.41) is 3.09. The minimum Gasteiger partial charge on any atom is -0.493 e. The maximum Gasteiger partial charge on any atom is 0.161 e. The Bertz CT molecular complexity index is 292. The molecule has 4 heteroatoms. The van der Waals surface area contributed by atoms with E-state index in [0.29, 0.717) is 6.61 Å². The summed E-state index contributed by atoms with van der Waals surface area (Å²) in [5.41, 5.74) is 1.19. The molecule has 0 heterocycles. The molecule has 0 radical (unpaired) electrons. The summed E-state index contributed by atoms with van der Waals surface area (Å²) in [4.78, 5) is 0. The number of hydrogen-bond acceptors (Lipinski definition) is 3. The third-order valence-corrected chi connectivity index (χ3v) is 1.91. The Labute approximate surface area is 97.2 Å². The third kappa shape index (κ3) is 3.98. The molecular weight excluding hydrogens is 214 g/mol. The number of rotatable bonds is 5. The minimum atomic E-state index is 0. The lowest BCUT2D eigenvalue weighted by Gasteiger charge is -2.10. The van der Waals surface area contributed by atoms with Gasteiger partial charge in [-0.3, -0.25) is 0 Å². The molecule has 0 amide bonds. The summed E-state index contributed by atoms with van der Waals surface area (Å²) < 4.78 is 10.6. The Hall–Kier alpha value is -0.930. The zero-order chi connectivity index (χ0) is 10.4. The smallest absolute Gasteiger partial charge is 0.161 e. The monoisotopic (exact) mass is 231 g/mol. The van der Waals surface area contributed by atoms with Crippen molar-refractivity contribution in [2.75, 3.05) is 20.8 Å². The molecule has 1 N–H and O–H groups in total. The first-order chi connectivity index (χ1) is 6.81. The van der Waals surface area contributed by atoms with Crippen molar-refractivity contribution in [3.05, 3.63) is 23.8 Å². The molecule has 0 aliphatic rings. The highest BCUT2D eigenvalue weighted by atomic mass is 35.5. The van der Waals surface area contributed by atoms with E-state index in [-0.39, 0.29) is 12.4 Å². The van der Waals surface area contributed by atoms with Crippen LogP contribution in [0.5, 0.6) is 11.5 Å². The van der Waals surface area contributed by atoms with Crippen LogP contribution >= 0.6 is 12.4 Å². The summed E-state index contributed by atoms with van der Waals surface area (Å²) in [5.74, 6) is 1.59. The van der Waals surface area contributed by atoms with Gasteiger partial charge in [-0.2, -0.15) is 0 Å². The first-order valence-electron chi connectivity index (χ1n) is 4.76. The van der Waals surface area contributed by atoms with Gasteiger partial charge in [-0.15, -0.1) is 12.4 Å². The Morgan fingerprint density at radius 1 is 1.27 bits per heavy atom. The van der Waals surface area contributed by atoms with Crippen LogP contribution < -0.4 is 14.8 Å². The van der Waals surface area contributed by atoms with Crippen molar-refractivity contribution in [3.8, 4) is 11.5 Å². The summed E-state index contributed by atoms with van der Waals surface area (Å²) in [6.07, 6.45) is 0. The Balaban J connectivity index is 0.00000196. The van der Waals surface area contributed by atoms with Crippen molar-refractivity contribution < 1.29 is 9.47 Å². The van der Waals surface area contributed by atoms with Gasteiger partial charge in [-0.05, 0) is 31.7 Å². The molecule has 15 heavy (non-hydrogen) atoms. The van der Waals surface area contributed by atoms with E-state index in [0.717, 1.165) is 18.0 Å². The average molecular weight is 232 g/mol. The SMILES string of the molecule is CCOc1cc(CNC)ccc1OC.Cl. The van der Waals surface area contributed by atoms with Gasteiger partial charge in [-0.25, -0.2) is 0 Å². The molecule has 0 saturated heterocycles. The summed E-state index contributed by atoms with van der Waals surface area (Å²) in [6.45, 7) is 3.45. The zero-order valence-corrected chi connectivity index (χ0v) is 10.2. The second-order valence-electron chi connectivity index (χ2n) is 2.95. The molecule has 1 rings (SSSR count). The van der Waals surface area contributed by atoms with Crippen LogP contribution in [0.1, 0.15) is 12.5 Å². The molecule has 0 bridgehead atoms. The van der Waals surface area contributed by atoms with Crippen LogP contribution in [-0.2, 0) is 6.54 Å². The fourth-order valence-corrected chi connectivity index (χ4v) is 1.30. The molecule has 0 aliphatic heterocycles. The van der Waals surface area contributed by atoms with E-state index in [9.17, 15) is 0 Å². The number of methoxy groups -OCH3 is 1. The van der Waals surface area contributed by atoms with Gasteiger partial charge in [0.1, 0.15) is 0 Å².